The molecule has 2 fully saturated rings. The molecule has 1 saturated heterocycles. The van der Waals surface area contributed by atoms with Crippen LogP contribution in [0.1, 0.15) is 51.9 Å². The SMILES string of the molecule is CCNC(=O)N1CCN(C(=O)CCC2CCCCC2)CC1. The van der Waals surface area contributed by atoms with Gasteiger partial charge >= 0.3 is 6.03 Å². The van der Waals surface area contributed by atoms with Gasteiger partial charge in [-0.1, -0.05) is 32.1 Å². The van der Waals surface area contributed by atoms with E-state index in [2.05, 4.69) is 5.32 Å². The van der Waals surface area contributed by atoms with E-state index in [1.54, 1.807) is 4.90 Å². The Labute approximate surface area is 128 Å². The number of nitrogens with one attached hydrogen (secondary N) is 1. The number of nitrogens with zero attached hydrogens (tertiary/aromatic N) is 2. The zero-order valence-corrected chi connectivity index (χ0v) is 13.3. The third-order valence-corrected chi connectivity index (χ3v) is 4.74. The third-order valence-electron chi connectivity index (χ3n) is 4.74. The predicted molar refractivity (Wildman–Crippen MR) is 83.0 cm³/mol. The number of hydrogen-bond donors (Lipinski definition) is 1. The maximum Gasteiger partial charge on any atom is 0.317 e. The molecule has 0 bridgehead atoms. The number of amides is 3. The van der Waals surface area contributed by atoms with Gasteiger partial charge in [-0.25, -0.2) is 4.79 Å². The van der Waals surface area contributed by atoms with Crippen molar-refractivity contribution in [3.8, 4) is 0 Å². The lowest BCUT2D eigenvalue weighted by Crippen LogP contribution is -2.53. The van der Waals surface area contributed by atoms with E-state index in [0.29, 0.717) is 39.1 Å². The highest BCUT2D eigenvalue weighted by Gasteiger charge is 2.24. The molecule has 2 aliphatic rings. The fourth-order valence-corrected chi connectivity index (χ4v) is 3.38. The van der Waals surface area contributed by atoms with Crippen molar-refractivity contribution in [2.45, 2.75) is 51.9 Å². The first-order chi connectivity index (χ1) is 10.2. The van der Waals surface area contributed by atoms with E-state index in [4.69, 9.17) is 0 Å². The van der Waals surface area contributed by atoms with Crippen LogP contribution < -0.4 is 5.32 Å². The molecular weight excluding hydrogens is 266 g/mol. The van der Waals surface area contributed by atoms with E-state index in [1.165, 1.54) is 32.1 Å². The molecule has 0 unspecified atom stereocenters. The Balaban J connectivity index is 1.66. The average Bonchev–Trinajstić information content (AvgIpc) is 2.54. The minimum absolute atomic E-state index is 0.00759. The van der Waals surface area contributed by atoms with Gasteiger partial charge in [-0.05, 0) is 19.3 Å². The van der Waals surface area contributed by atoms with E-state index < -0.39 is 0 Å². The molecule has 5 heteroatoms. The van der Waals surface area contributed by atoms with Crippen molar-refractivity contribution < 1.29 is 9.59 Å². The number of hydrogen-bond acceptors (Lipinski definition) is 2. The standard InChI is InChI=1S/C16H29N3O2/c1-2-17-16(21)19-12-10-18(11-13-19)15(20)9-8-14-6-4-3-5-7-14/h14H,2-13H2,1H3,(H,17,21). The van der Waals surface area contributed by atoms with Crippen LogP contribution >= 0.6 is 0 Å². The summed E-state index contributed by atoms with van der Waals surface area (Å²) in [5, 5.41) is 2.81. The van der Waals surface area contributed by atoms with Crippen molar-refractivity contribution >= 4 is 11.9 Å². The first-order valence-electron chi connectivity index (χ1n) is 8.51. The van der Waals surface area contributed by atoms with Crippen molar-refractivity contribution in [2.24, 2.45) is 5.92 Å². The number of piperazine rings is 1. The molecule has 1 N–H and O–H groups in total. The van der Waals surface area contributed by atoms with Crippen LogP contribution in [-0.4, -0.2) is 54.5 Å². The van der Waals surface area contributed by atoms with Crippen molar-refractivity contribution in [2.75, 3.05) is 32.7 Å². The molecule has 1 aliphatic carbocycles. The van der Waals surface area contributed by atoms with Crippen LogP contribution in [0.3, 0.4) is 0 Å². The number of urea groups is 1. The summed E-state index contributed by atoms with van der Waals surface area (Å²) in [5.41, 5.74) is 0. The molecule has 1 aliphatic heterocycles. The summed E-state index contributed by atoms with van der Waals surface area (Å²) in [5.74, 6) is 1.04. The molecule has 1 saturated carbocycles. The number of carbonyl (C=O) groups excluding carboxylic acids is 2. The molecule has 21 heavy (non-hydrogen) atoms. The molecule has 0 spiro atoms. The molecule has 2 rings (SSSR count). The van der Waals surface area contributed by atoms with Gasteiger partial charge in [-0.15, -0.1) is 0 Å². The van der Waals surface area contributed by atoms with Gasteiger partial charge in [-0.3, -0.25) is 4.79 Å². The Bertz CT molecular complexity index is 345. The second-order valence-corrected chi connectivity index (χ2v) is 6.25. The summed E-state index contributed by atoms with van der Waals surface area (Å²) in [7, 11) is 0. The monoisotopic (exact) mass is 295 g/mol. The largest absolute Gasteiger partial charge is 0.339 e. The molecule has 1 heterocycles. The molecule has 0 aromatic heterocycles. The topological polar surface area (TPSA) is 52.7 Å². The van der Waals surface area contributed by atoms with Gasteiger partial charge < -0.3 is 15.1 Å². The number of carbonyl (C=O) groups is 2. The zero-order valence-electron chi connectivity index (χ0n) is 13.3. The van der Waals surface area contributed by atoms with E-state index in [0.717, 1.165) is 12.3 Å². The smallest absolute Gasteiger partial charge is 0.317 e. The van der Waals surface area contributed by atoms with Crippen molar-refractivity contribution in [1.82, 2.24) is 15.1 Å². The van der Waals surface area contributed by atoms with Crippen LogP contribution in [0.25, 0.3) is 0 Å². The van der Waals surface area contributed by atoms with E-state index in [9.17, 15) is 9.59 Å². The summed E-state index contributed by atoms with van der Waals surface area (Å²) < 4.78 is 0. The van der Waals surface area contributed by atoms with E-state index >= 15 is 0 Å². The minimum atomic E-state index is -0.00759. The van der Waals surface area contributed by atoms with Crippen LogP contribution in [0.2, 0.25) is 0 Å². The Kier molecular flexibility index (Phi) is 6.33. The van der Waals surface area contributed by atoms with Gasteiger partial charge in [0.2, 0.25) is 5.91 Å². The maximum absolute atomic E-state index is 12.2. The van der Waals surface area contributed by atoms with Crippen LogP contribution in [0.4, 0.5) is 4.79 Å². The molecule has 3 amide bonds. The van der Waals surface area contributed by atoms with Gasteiger partial charge in [0.25, 0.3) is 0 Å². The lowest BCUT2D eigenvalue weighted by molar-refractivity contribution is -0.133. The predicted octanol–water partition coefficient (Wildman–Crippen LogP) is 2.22. The first-order valence-corrected chi connectivity index (χ1v) is 8.51. The number of rotatable bonds is 4. The van der Waals surface area contributed by atoms with E-state index in [1.807, 2.05) is 11.8 Å². The molecule has 0 aromatic rings. The van der Waals surface area contributed by atoms with Crippen molar-refractivity contribution in [3.63, 3.8) is 0 Å². The second kappa shape index (κ2) is 8.25. The van der Waals surface area contributed by atoms with E-state index in [-0.39, 0.29) is 11.9 Å². The molecule has 0 radical (unpaired) electrons. The van der Waals surface area contributed by atoms with Gasteiger partial charge in [0.05, 0.1) is 0 Å². The maximum atomic E-state index is 12.2. The summed E-state index contributed by atoms with van der Waals surface area (Å²) in [6.45, 7) is 5.24. The highest BCUT2D eigenvalue weighted by atomic mass is 16.2. The lowest BCUT2D eigenvalue weighted by Gasteiger charge is -2.35. The molecule has 0 aromatic carbocycles. The van der Waals surface area contributed by atoms with Gasteiger partial charge in [-0.2, -0.15) is 0 Å². The normalized spacial score (nSPS) is 20.4. The highest BCUT2D eigenvalue weighted by molar-refractivity contribution is 5.77. The molecule has 5 nitrogen and oxygen atoms in total. The first kappa shape index (κ1) is 16.1. The zero-order chi connectivity index (χ0) is 15.1. The highest BCUT2D eigenvalue weighted by Crippen LogP contribution is 2.27. The molecule has 120 valence electrons. The summed E-state index contributed by atoms with van der Waals surface area (Å²) in [4.78, 5) is 27.7. The van der Waals surface area contributed by atoms with Crippen molar-refractivity contribution in [3.05, 3.63) is 0 Å². The van der Waals surface area contributed by atoms with Gasteiger partial charge in [0.15, 0.2) is 0 Å². The summed E-state index contributed by atoms with van der Waals surface area (Å²) in [6.07, 6.45) is 8.39. The van der Waals surface area contributed by atoms with Crippen LogP contribution in [0.5, 0.6) is 0 Å². The molecular formula is C16H29N3O2. The van der Waals surface area contributed by atoms with Gasteiger partial charge in [0, 0.05) is 39.1 Å². The Morgan fingerprint density at radius 3 is 2.24 bits per heavy atom. The Morgan fingerprint density at radius 1 is 1.00 bits per heavy atom. The molecule has 0 atom stereocenters. The summed E-state index contributed by atoms with van der Waals surface area (Å²) >= 11 is 0. The summed E-state index contributed by atoms with van der Waals surface area (Å²) in [6, 6.07) is -0.00759. The minimum Gasteiger partial charge on any atom is -0.339 e. The van der Waals surface area contributed by atoms with Crippen molar-refractivity contribution in [1.29, 1.82) is 0 Å². The third kappa shape index (κ3) is 4.90. The Hall–Kier alpha value is -1.26. The van der Waals surface area contributed by atoms with Crippen LogP contribution in [0.15, 0.2) is 0 Å². The van der Waals surface area contributed by atoms with Gasteiger partial charge in [0.1, 0.15) is 0 Å². The fraction of sp³-hybridized carbons (Fsp3) is 0.875. The van der Waals surface area contributed by atoms with Crippen LogP contribution in [-0.2, 0) is 4.79 Å². The lowest BCUT2D eigenvalue weighted by atomic mass is 9.86. The average molecular weight is 295 g/mol. The Morgan fingerprint density at radius 2 is 1.62 bits per heavy atom. The fourth-order valence-electron chi connectivity index (χ4n) is 3.38. The quantitative estimate of drug-likeness (QED) is 0.864. The second-order valence-electron chi connectivity index (χ2n) is 6.25. The van der Waals surface area contributed by atoms with Crippen LogP contribution in [0, 0.1) is 5.92 Å².